The Morgan fingerprint density at radius 3 is 2.50 bits per heavy atom. The summed E-state index contributed by atoms with van der Waals surface area (Å²) in [5.41, 5.74) is 1.11. The molecular weight excluding hydrogens is 239 g/mol. The Morgan fingerprint density at radius 2 is 2.00 bits per heavy atom. The van der Waals surface area contributed by atoms with E-state index in [1.54, 1.807) is 0 Å². The van der Waals surface area contributed by atoms with Crippen molar-refractivity contribution < 1.29 is 4.74 Å². The average Bonchev–Trinajstić information content (AvgIpc) is 2.93. The molecule has 0 amide bonds. The molecule has 2 rings (SSSR count). The summed E-state index contributed by atoms with van der Waals surface area (Å²) < 4.78 is 7.62. The third kappa shape index (κ3) is 3.32. The minimum absolute atomic E-state index is 0.220. The van der Waals surface area contributed by atoms with E-state index in [2.05, 4.69) is 15.5 Å². The molecule has 1 heterocycles. The number of hydrazone groups is 1. The van der Waals surface area contributed by atoms with Crippen LogP contribution in [0, 0.1) is 0 Å². The molecule has 0 saturated carbocycles. The summed E-state index contributed by atoms with van der Waals surface area (Å²) in [7, 11) is 1.67. The van der Waals surface area contributed by atoms with Crippen LogP contribution in [-0.4, -0.2) is 22.8 Å². The van der Waals surface area contributed by atoms with Crippen molar-refractivity contribution in [3.05, 3.63) is 29.8 Å². The Bertz CT molecular complexity index is 428. The Balaban J connectivity index is 1.94. The lowest BCUT2D eigenvalue weighted by Gasteiger charge is -2.08. The van der Waals surface area contributed by atoms with Crippen molar-refractivity contribution in [1.29, 1.82) is 0 Å². The number of benzene rings is 1. The Labute approximate surface area is 100 Å². The molecule has 3 nitrogen and oxygen atoms in total. The fourth-order valence-corrected chi connectivity index (χ4v) is 3.02. The number of ether oxygens (including phenoxy) is 1. The average molecular weight is 254 g/mol. The van der Waals surface area contributed by atoms with Gasteiger partial charge in [-0.3, -0.25) is 0 Å². The Kier molecular flexibility index (Phi) is 3.62. The molecule has 1 atom stereocenters. The monoisotopic (exact) mass is 254 g/mol. The quantitative estimate of drug-likeness (QED) is 0.609. The van der Waals surface area contributed by atoms with Crippen LogP contribution in [0.2, 0.25) is 0 Å². The van der Waals surface area contributed by atoms with Gasteiger partial charge in [0.25, 0.3) is 0 Å². The summed E-state index contributed by atoms with van der Waals surface area (Å²) in [6.07, 6.45) is 4.29. The Morgan fingerprint density at radius 1 is 1.38 bits per heavy atom. The molecule has 0 aliphatic carbocycles. The van der Waals surface area contributed by atoms with Crippen LogP contribution in [0.1, 0.15) is 19.4 Å². The summed E-state index contributed by atoms with van der Waals surface area (Å²) in [5.74, 6) is 0.909. The van der Waals surface area contributed by atoms with Gasteiger partial charge in [0.05, 0.1) is 12.3 Å². The summed E-state index contributed by atoms with van der Waals surface area (Å²) in [6, 6.07) is 8.00. The number of hydrogen-bond acceptors (Lipinski definition) is 3. The van der Waals surface area contributed by atoms with Crippen LogP contribution in [0.5, 0.6) is 5.75 Å². The molecule has 1 aliphatic heterocycles. The van der Waals surface area contributed by atoms with Crippen molar-refractivity contribution in [3.63, 3.8) is 0 Å². The number of nitrogens with zero attached hydrogens (tertiary/aromatic N) is 2. The molecule has 0 aromatic heterocycles. The lowest BCUT2D eigenvalue weighted by Crippen LogP contribution is -2.05. The molecule has 0 N–H and O–H groups in total. The molecule has 1 aromatic rings. The normalized spacial score (nSPS) is 20.0. The smallest absolute Gasteiger partial charge is 0.119 e. The number of rotatable bonds is 4. The summed E-state index contributed by atoms with van der Waals surface area (Å²) in [5, 5.41) is 4.35. The standard InChI is InChI=1S/C11H15N2OPS/c1-9(2)14-11-6-4-10(5-7-11)8-12-13-15-16(13)3/h4-9H,1-3H3/b12-8+. The second kappa shape index (κ2) is 4.98. The molecule has 5 heteroatoms. The van der Waals surface area contributed by atoms with Crippen molar-refractivity contribution in [2.45, 2.75) is 20.0 Å². The zero-order chi connectivity index (χ0) is 11.5. The molecule has 0 spiro atoms. The van der Waals surface area contributed by atoms with Gasteiger partial charge in [0, 0.05) is 6.26 Å². The maximum Gasteiger partial charge on any atom is 0.119 e. The van der Waals surface area contributed by atoms with Crippen LogP contribution in [0.3, 0.4) is 0 Å². The second-order valence-electron chi connectivity index (χ2n) is 3.76. The molecule has 0 bridgehead atoms. The zero-order valence-corrected chi connectivity index (χ0v) is 11.3. The van der Waals surface area contributed by atoms with Crippen LogP contribution in [0.25, 0.3) is 0 Å². The van der Waals surface area contributed by atoms with Crippen molar-refractivity contribution in [2.75, 3.05) is 6.26 Å². The lowest BCUT2D eigenvalue weighted by atomic mass is 10.2. The molecule has 1 aliphatic rings. The first-order chi connectivity index (χ1) is 7.65. The molecule has 1 unspecified atom stereocenters. The van der Waals surface area contributed by atoms with E-state index in [0.717, 1.165) is 11.3 Å². The summed E-state index contributed by atoms with van der Waals surface area (Å²) in [4.78, 5) is 0. The van der Waals surface area contributed by atoms with E-state index in [4.69, 9.17) is 4.74 Å². The van der Waals surface area contributed by atoms with E-state index in [1.165, 1.54) is 7.51 Å². The topological polar surface area (TPSA) is 24.6 Å². The van der Waals surface area contributed by atoms with E-state index < -0.39 is 0 Å². The minimum Gasteiger partial charge on any atom is -0.491 e. The fourth-order valence-electron chi connectivity index (χ4n) is 1.20. The van der Waals surface area contributed by atoms with Gasteiger partial charge in [0.1, 0.15) is 13.3 Å². The van der Waals surface area contributed by atoms with Gasteiger partial charge in [0.15, 0.2) is 0 Å². The SMILES string of the molecule is CC(C)Oc1ccc(/C=N/N2P=S2C)cc1. The maximum absolute atomic E-state index is 5.57. The highest BCUT2D eigenvalue weighted by Crippen LogP contribution is 2.32. The lowest BCUT2D eigenvalue weighted by molar-refractivity contribution is 0.242. The second-order valence-corrected chi connectivity index (χ2v) is 7.89. The zero-order valence-electron chi connectivity index (χ0n) is 9.62. The molecule has 0 saturated heterocycles. The van der Waals surface area contributed by atoms with Crippen LogP contribution in [-0.2, 0) is 10.3 Å². The Hall–Kier alpha value is -0.860. The molecule has 16 heavy (non-hydrogen) atoms. The van der Waals surface area contributed by atoms with E-state index in [-0.39, 0.29) is 6.10 Å². The van der Waals surface area contributed by atoms with Gasteiger partial charge >= 0.3 is 0 Å². The highest BCUT2D eigenvalue weighted by molar-refractivity contribution is 8.31. The predicted octanol–water partition coefficient (Wildman–Crippen LogP) is 3.06. The van der Waals surface area contributed by atoms with Crippen molar-refractivity contribution in [3.8, 4) is 5.75 Å². The van der Waals surface area contributed by atoms with Crippen LogP contribution in [0.4, 0.5) is 0 Å². The molecule has 0 fully saturated rings. The fraction of sp³-hybridized carbons (Fsp3) is 0.364. The van der Waals surface area contributed by atoms with E-state index in [9.17, 15) is 0 Å². The van der Waals surface area contributed by atoms with Gasteiger partial charge in [-0.05, 0) is 53.9 Å². The third-order valence-electron chi connectivity index (χ3n) is 1.96. The minimum atomic E-state index is 0.220. The van der Waals surface area contributed by atoms with Crippen LogP contribution in [0.15, 0.2) is 29.4 Å². The van der Waals surface area contributed by atoms with E-state index in [0.29, 0.717) is 10.3 Å². The van der Waals surface area contributed by atoms with Gasteiger partial charge in [-0.15, -0.1) is 0 Å². The van der Waals surface area contributed by atoms with Gasteiger partial charge < -0.3 is 4.74 Å². The van der Waals surface area contributed by atoms with Crippen LogP contribution < -0.4 is 4.74 Å². The van der Waals surface area contributed by atoms with Crippen molar-refractivity contribution in [2.24, 2.45) is 5.10 Å². The van der Waals surface area contributed by atoms with Crippen LogP contribution >= 0.6 is 7.51 Å². The summed E-state index contributed by atoms with van der Waals surface area (Å²) >= 11 is 0. The summed E-state index contributed by atoms with van der Waals surface area (Å²) in [6.45, 7) is 4.05. The first kappa shape index (κ1) is 11.6. The first-order valence-electron chi connectivity index (χ1n) is 5.14. The highest BCUT2D eigenvalue weighted by atomic mass is 32.6. The molecule has 1 aromatic carbocycles. The predicted molar refractivity (Wildman–Crippen MR) is 71.8 cm³/mol. The number of hydrogen-bond donors (Lipinski definition) is 0. The molecule has 86 valence electrons. The third-order valence-corrected chi connectivity index (χ3v) is 4.86. The van der Waals surface area contributed by atoms with Gasteiger partial charge in [-0.1, -0.05) is 0 Å². The van der Waals surface area contributed by atoms with Gasteiger partial charge in [-0.2, -0.15) is 9.29 Å². The highest BCUT2D eigenvalue weighted by Gasteiger charge is 2.12. The van der Waals surface area contributed by atoms with Crippen molar-refractivity contribution >= 4 is 24.0 Å². The van der Waals surface area contributed by atoms with Crippen molar-refractivity contribution in [1.82, 2.24) is 4.18 Å². The van der Waals surface area contributed by atoms with E-state index in [1.807, 2.05) is 44.3 Å². The molecule has 0 radical (unpaired) electrons. The van der Waals surface area contributed by atoms with E-state index >= 15 is 0 Å². The molecular formula is C11H15N2OPS. The van der Waals surface area contributed by atoms with Gasteiger partial charge in [-0.25, -0.2) is 0 Å². The maximum atomic E-state index is 5.57. The first-order valence-corrected chi connectivity index (χ1v) is 8.18. The largest absolute Gasteiger partial charge is 0.491 e. The van der Waals surface area contributed by atoms with Gasteiger partial charge in [0.2, 0.25) is 0 Å².